The number of carbonyl (C=O) groups excluding carboxylic acids is 1. The van der Waals surface area contributed by atoms with Gasteiger partial charge in [-0.15, -0.1) is 0 Å². The molecule has 0 heterocycles. The van der Waals surface area contributed by atoms with E-state index in [-0.39, 0.29) is 5.92 Å². The first-order valence-electron chi connectivity index (χ1n) is 6.77. The molecule has 0 spiro atoms. The summed E-state index contributed by atoms with van der Waals surface area (Å²) in [6.07, 6.45) is 3.36. The van der Waals surface area contributed by atoms with Gasteiger partial charge in [0.15, 0.2) is 0 Å². The van der Waals surface area contributed by atoms with Gasteiger partial charge >= 0.3 is 5.97 Å². The van der Waals surface area contributed by atoms with Gasteiger partial charge < -0.3 is 15.2 Å². The van der Waals surface area contributed by atoms with Crippen LogP contribution in [0.5, 0.6) is 5.75 Å². The third-order valence-corrected chi connectivity index (χ3v) is 2.86. The lowest BCUT2D eigenvalue weighted by molar-refractivity contribution is -0.141. The Morgan fingerprint density at radius 1 is 1.29 bits per heavy atom. The summed E-state index contributed by atoms with van der Waals surface area (Å²) < 4.78 is 5.04. The lowest BCUT2D eigenvalue weighted by Gasteiger charge is -2.15. The van der Waals surface area contributed by atoms with E-state index in [1.54, 1.807) is 25.3 Å². The van der Waals surface area contributed by atoms with Crippen LogP contribution in [0.25, 0.3) is 6.08 Å². The Morgan fingerprint density at radius 3 is 2.38 bits per heavy atom. The number of carboxylic acid groups (broad SMARTS) is 1. The molecule has 5 nitrogen and oxygen atoms in total. The summed E-state index contributed by atoms with van der Waals surface area (Å²) in [5, 5.41) is 11.6. The van der Waals surface area contributed by atoms with Crippen LogP contribution >= 0.6 is 0 Å². The number of methoxy groups -OCH3 is 1. The molecule has 1 aromatic carbocycles. The molecule has 0 aliphatic heterocycles. The van der Waals surface area contributed by atoms with Crippen molar-refractivity contribution in [3.05, 3.63) is 35.9 Å². The maximum atomic E-state index is 11.7. The molecule has 5 heteroatoms. The van der Waals surface area contributed by atoms with Crippen molar-refractivity contribution in [2.24, 2.45) is 5.92 Å². The summed E-state index contributed by atoms with van der Waals surface area (Å²) in [6, 6.07) is 6.34. The van der Waals surface area contributed by atoms with Crippen molar-refractivity contribution in [3.63, 3.8) is 0 Å². The minimum atomic E-state index is -1.02. The summed E-state index contributed by atoms with van der Waals surface area (Å²) in [5.41, 5.74) is 0.835. The van der Waals surface area contributed by atoms with Gasteiger partial charge in [0.05, 0.1) is 7.11 Å². The minimum absolute atomic E-state index is 0.192. The molecular weight excluding hydrogens is 270 g/mol. The Morgan fingerprint density at radius 2 is 1.90 bits per heavy atom. The fourth-order valence-electron chi connectivity index (χ4n) is 1.80. The lowest BCUT2D eigenvalue weighted by Crippen LogP contribution is -2.40. The zero-order valence-electron chi connectivity index (χ0n) is 12.5. The van der Waals surface area contributed by atoms with E-state index in [1.807, 2.05) is 26.0 Å². The van der Waals surface area contributed by atoms with Gasteiger partial charge in [0.25, 0.3) is 0 Å². The first kappa shape index (κ1) is 16.8. The average molecular weight is 291 g/mol. The summed E-state index contributed by atoms with van der Waals surface area (Å²) in [7, 11) is 1.58. The Balaban J connectivity index is 2.61. The van der Waals surface area contributed by atoms with Crippen LogP contribution in [0.4, 0.5) is 0 Å². The molecule has 1 rings (SSSR count). The number of aliphatic carboxylic acids is 1. The maximum Gasteiger partial charge on any atom is 0.326 e. The fourth-order valence-corrected chi connectivity index (χ4v) is 1.80. The number of amides is 1. The van der Waals surface area contributed by atoms with Crippen LogP contribution in [0, 0.1) is 5.92 Å². The van der Waals surface area contributed by atoms with E-state index in [0.29, 0.717) is 6.42 Å². The Kier molecular flexibility index (Phi) is 6.46. The van der Waals surface area contributed by atoms with Crippen molar-refractivity contribution in [2.45, 2.75) is 26.3 Å². The molecule has 0 saturated heterocycles. The van der Waals surface area contributed by atoms with Crippen LogP contribution in [0.3, 0.4) is 0 Å². The van der Waals surface area contributed by atoms with Gasteiger partial charge in [0.2, 0.25) is 5.91 Å². The molecule has 1 unspecified atom stereocenters. The van der Waals surface area contributed by atoms with Crippen molar-refractivity contribution < 1.29 is 19.4 Å². The third kappa shape index (κ3) is 6.12. The van der Waals surface area contributed by atoms with Gasteiger partial charge in [0.1, 0.15) is 11.8 Å². The lowest BCUT2D eigenvalue weighted by atomic mass is 10.0. The Bertz CT molecular complexity index is 506. The molecule has 1 aromatic rings. The summed E-state index contributed by atoms with van der Waals surface area (Å²) in [5.74, 6) is -0.509. The molecule has 2 N–H and O–H groups in total. The zero-order valence-corrected chi connectivity index (χ0v) is 12.5. The van der Waals surface area contributed by atoms with Crippen LogP contribution in [-0.4, -0.2) is 30.1 Å². The Hall–Kier alpha value is -2.30. The summed E-state index contributed by atoms with van der Waals surface area (Å²) in [4.78, 5) is 22.8. The maximum absolute atomic E-state index is 11.7. The predicted molar refractivity (Wildman–Crippen MR) is 81.0 cm³/mol. The first-order chi connectivity index (χ1) is 9.92. The molecule has 1 atom stereocenters. The summed E-state index contributed by atoms with van der Waals surface area (Å²) in [6.45, 7) is 3.82. The van der Waals surface area contributed by atoms with Crippen molar-refractivity contribution in [3.8, 4) is 5.75 Å². The number of rotatable bonds is 7. The molecule has 0 radical (unpaired) electrons. The molecule has 0 aromatic heterocycles. The predicted octanol–water partition coefficient (Wildman–Crippen LogP) is 2.32. The highest BCUT2D eigenvalue weighted by Gasteiger charge is 2.19. The van der Waals surface area contributed by atoms with E-state index in [9.17, 15) is 9.59 Å². The quantitative estimate of drug-likeness (QED) is 0.756. The van der Waals surface area contributed by atoms with Crippen molar-refractivity contribution in [1.82, 2.24) is 5.32 Å². The van der Waals surface area contributed by atoms with E-state index < -0.39 is 17.9 Å². The van der Waals surface area contributed by atoms with Gasteiger partial charge in [-0.1, -0.05) is 26.0 Å². The second kappa shape index (κ2) is 8.09. The molecule has 0 fully saturated rings. The van der Waals surface area contributed by atoms with Crippen molar-refractivity contribution in [2.75, 3.05) is 7.11 Å². The molecule has 1 amide bonds. The van der Waals surface area contributed by atoms with Crippen LogP contribution in [-0.2, 0) is 9.59 Å². The van der Waals surface area contributed by atoms with E-state index in [4.69, 9.17) is 9.84 Å². The standard InChI is InChI=1S/C16H21NO4/c1-11(2)10-14(16(19)20)17-15(18)9-6-12-4-7-13(21-3)8-5-12/h4-9,11,14H,10H2,1-3H3,(H,17,18)(H,19,20)/b9-6+. The smallest absolute Gasteiger partial charge is 0.326 e. The average Bonchev–Trinajstić information content (AvgIpc) is 2.44. The van der Waals surface area contributed by atoms with Crippen LogP contribution in [0.15, 0.2) is 30.3 Å². The van der Waals surface area contributed by atoms with Crippen molar-refractivity contribution in [1.29, 1.82) is 0 Å². The van der Waals surface area contributed by atoms with Crippen molar-refractivity contribution >= 4 is 18.0 Å². The second-order valence-electron chi connectivity index (χ2n) is 5.14. The Labute approximate surface area is 124 Å². The highest BCUT2D eigenvalue weighted by Crippen LogP contribution is 2.12. The van der Waals surface area contributed by atoms with Gasteiger partial charge in [-0.2, -0.15) is 0 Å². The number of ether oxygens (including phenoxy) is 1. The van der Waals surface area contributed by atoms with E-state index in [2.05, 4.69) is 5.32 Å². The minimum Gasteiger partial charge on any atom is -0.497 e. The number of carboxylic acids is 1. The van der Waals surface area contributed by atoms with Gasteiger partial charge in [0, 0.05) is 6.08 Å². The second-order valence-corrected chi connectivity index (χ2v) is 5.14. The third-order valence-electron chi connectivity index (χ3n) is 2.86. The molecule has 0 aliphatic carbocycles. The highest BCUT2D eigenvalue weighted by molar-refractivity contribution is 5.94. The summed E-state index contributed by atoms with van der Waals surface area (Å²) >= 11 is 0. The number of hydrogen-bond donors (Lipinski definition) is 2. The highest BCUT2D eigenvalue weighted by atomic mass is 16.5. The fraction of sp³-hybridized carbons (Fsp3) is 0.375. The van der Waals surface area contributed by atoms with Gasteiger partial charge in [-0.25, -0.2) is 4.79 Å². The first-order valence-corrected chi connectivity index (χ1v) is 6.77. The molecule has 21 heavy (non-hydrogen) atoms. The topological polar surface area (TPSA) is 75.6 Å². The molecule has 114 valence electrons. The van der Waals surface area contributed by atoms with E-state index in [1.165, 1.54) is 6.08 Å². The van der Waals surface area contributed by atoms with E-state index in [0.717, 1.165) is 11.3 Å². The largest absolute Gasteiger partial charge is 0.497 e. The molecule has 0 saturated carbocycles. The normalized spacial score (nSPS) is 12.4. The number of nitrogens with one attached hydrogen (secondary N) is 1. The number of carbonyl (C=O) groups is 2. The monoisotopic (exact) mass is 291 g/mol. The van der Waals surface area contributed by atoms with Crippen LogP contribution in [0.2, 0.25) is 0 Å². The molecule has 0 aliphatic rings. The zero-order chi connectivity index (χ0) is 15.8. The van der Waals surface area contributed by atoms with Gasteiger partial charge in [-0.3, -0.25) is 4.79 Å². The van der Waals surface area contributed by atoms with Gasteiger partial charge in [-0.05, 0) is 36.1 Å². The SMILES string of the molecule is COc1ccc(/C=C/C(=O)NC(CC(C)C)C(=O)O)cc1. The van der Waals surface area contributed by atoms with Crippen LogP contribution in [0.1, 0.15) is 25.8 Å². The number of hydrogen-bond acceptors (Lipinski definition) is 3. The van der Waals surface area contributed by atoms with E-state index >= 15 is 0 Å². The van der Waals surface area contributed by atoms with Crippen LogP contribution < -0.4 is 10.1 Å². The molecule has 0 bridgehead atoms. The number of benzene rings is 1. The molecular formula is C16H21NO4.